The fourth-order valence-corrected chi connectivity index (χ4v) is 5.51. The molecule has 0 bridgehead atoms. The fourth-order valence-electron chi connectivity index (χ4n) is 4.05. The van der Waals surface area contributed by atoms with Crippen LogP contribution < -0.4 is 15.4 Å². The molecule has 1 saturated heterocycles. The summed E-state index contributed by atoms with van der Waals surface area (Å²) in [6, 6.07) is 11.9. The van der Waals surface area contributed by atoms with Crippen LogP contribution in [0.3, 0.4) is 0 Å². The lowest BCUT2D eigenvalue weighted by molar-refractivity contribution is -0.134. The van der Waals surface area contributed by atoms with E-state index in [2.05, 4.69) is 10.6 Å². The summed E-state index contributed by atoms with van der Waals surface area (Å²) in [6.45, 7) is 5.50. The Hall–Kier alpha value is -3.44. The van der Waals surface area contributed by atoms with Crippen molar-refractivity contribution in [2.45, 2.75) is 37.6 Å². The molecule has 35 heavy (non-hydrogen) atoms. The summed E-state index contributed by atoms with van der Waals surface area (Å²) < 4.78 is 31.7. The number of nitrogens with zero attached hydrogens (tertiary/aromatic N) is 2. The van der Waals surface area contributed by atoms with Gasteiger partial charge in [-0.1, -0.05) is 32.9 Å². The molecule has 11 heteroatoms. The monoisotopic (exact) mass is 502 g/mol. The molecule has 1 atom stereocenters. The quantitative estimate of drug-likeness (QED) is 0.481. The Morgan fingerprint density at radius 1 is 1.03 bits per heavy atom. The Kier molecular flexibility index (Phi) is 7.81. The molecule has 0 unspecified atom stereocenters. The van der Waals surface area contributed by atoms with Gasteiger partial charge in [0.15, 0.2) is 0 Å². The van der Waals surface area contributed by atoms with Gasteiger partial charge in [-0.05, 0) is 48.4 Å². The lowest BCUT2D eigenvalue weighted by atomic mass is 9.87. The minimum absolute atomic E-state index is 0.112. The van der Waals surface area contributed by atoms with Gasteiger partial charge in [-0.3, -0.25) is 14.5 Å². The van der Waals surface area contributed by atoms with E-state index < -0.39 is 40.0 Å². The second kappa shape index (κ2) is 10.4. The van der Waals surface area contributed by atoms with Gasteiger partial charge >= 0.3 is 6.03 Å². The molecule has 2 N–H and O–H groups in total. The van der Waals surface area contributed by atoms with Gasteiger partial charge in [0.05, 0.1) is 12.0 Å². The van der Waals surface area contributed by atoms with Gasteiger partial charge in [-0.25, -0.2) is 13.2 Å². The summed E-state index contributed by atoms with van der Waals surface area (Å²) in [6.07, 6.45) is 0.296. The number of carbonyl (C=O) groups excluding carboxylic acids is 3. The van der Waals surface area contributed by atoms with Crippen molar-refractivity contribution in [1.29, 1.82) is 0 Å². The van der Waals surface area contributed by atoms with E-state index in [0.717, 1.165) is 4.90 Å². The predicted octanol–water partition coefficient (Wildman–Crippen LogP) is 2.52. The number of carbonyl (C=O) groups is 3. The molecule has 10 nitrogen and oxygen atoms in total. The van der Waals surface area contributed by atoms with Gasteiger partial charge in [0.1, 0.15) is 17.8 Å². The van der Waals surface area contributed by atoms with Crippen molar-refractivity contribution < 1.29 is 27.5 Å². The average molecular weight is 503 g/mol. The van der Waals surface area contributed by atoms with Crippen molar-refractivity contribution in [2.24, 2.45) is 0 Å². The lowest BCUT2D eigenvalue weighted by Crippen LogP contribution is -2.44. The fraction of sp³-hybridized carbons (Fsp3) is 0.375. The van der Waals surface area contributed by atoms with E-state index in [1.54, 1.807) is 45.0 Å². The minimum Gasteiger partial charge on any atom is -0.497 e. The number of ether oxygens (including phenoxy) is 1. The highest BCUT2D eigenvalue weighted by molar-refractivity contribution is 7.89. The van der Waals surface area contributed by atoms with Gasteiger partial charge in [0.2, 0.25) is 15.9 Å². The van der Waals surface area contributed by atoms with Crippen LogP contribution in [0.25, 0.3) is 0 Å². The van der Waals surface area contributed by atoms with Crippen LogP contribution in [0.1, 0.15) is 32.8 Å². The zero-order valence-electron chi connectivity index (χ0n) is 20.2. The molecule has 188 valence electrons. The molecule has 2 aromatic carbocycles. The van der Waals surface area contributed by atoms with E-state index in [-0.39, 0.29) is 4.90 Å². The molecular weight excluding hydrogens is 472 g/mol. The maximum Gasteiger partial charge on any atom is 0.325 e. The van der Waals surface area contributed by atoms with Crippen LogP contribution >= 0.6 is 0 Å². The topological polar surface area (TPSA) is 125 Å². The number of methoxy groups -OCH3 is 1. The van der Waals surface area contributed by atoms with Crippen LogP contribution in [0.5, 0.6) is 5.75 Å². The smallest absolute Gasteiger partial charge is 0.325 e. The number of hydrogen-bond acceptors (Lipinski definition) is 6. The lowest BCUT2D eigenvalue weighted by Gasteiger charge is -2.26. The van der Waals surface area contributed by atoms with E-state index in [1.165, 1.54) is 35.7 Å². The number of nitrogens with one attached hydrogen (secondary N) is 2. The molecule has 0 saturated carbocycles. The molecule has 1 aliphatic rings. The first-order chi connectivity index (χ1) is 16.6. The van der Waals surface area contributed by atoms with Crippen LogP contribution in [-0.4, -0.2) is 62.2 Å². The summed E-state index contributed by atoms with van der Waals surface area (Å²) in [5, 5.41) is 5.34. The first-order valence-corrected chi connectivity index (χ1v) is 12.8. The Morgan fingerprint density at radius 3 is 2.14 bits per heavy atom. The second-order valence-corrected chi connectivity index (χ2v) is 9.91. The standard InChI is InChI=1S/C24H30N4O6S/c1-5-24(17-8-12-19(34-4)13-9-17)22(30)28(23(31)26-24)16-21(29)25-18-10-14-20(15-11-18)35(32,33)27(6-2)7-3/h8-15H,5-7,16H2,1-4H3,(H,25,29)(H,26,31)/t24-/m1/s1. The summed E-state index contributed by atoms with van der Waals surface area (Å²) in [7, 11) is -2.09. The highest BCUT2D eigenvalue weighted by Gasteiger charge is 2.51. The Morgan fingerprint density at radius 2 is 1.63 bits per heavy atom. The molecule has 1 aliphatic heterocycles. The van der Waals surface area contributed by atoms with Crippen LogP contribution in [0.2, 0.25) is 0 Å². The highest BCUT2D eigenvalue weighted by Crippen LogP contribution is 2.33. The van der Waals surface area contributed by atoms with Crippen LogP contribution in [0.4, 0.5) is 10.5 Å². The number of rotatable bonds is 10. The third-order valence-corrected chi connectivity index (χ3v) is 8.14. The molecule has 3 rings (SSSR count). The van der Waals surface area contributed by atoms with Crippen molar-refractivity contribution in [3.63, 3.8) is 0 Å². The number of sulfonamides is 1. The van der Waals surface area contributed by atoms with Crippen LogP contribution in [0, 0.1) is 0 Å². The number of amides is 4. The number of hydrogen-bond donors (Lipinski definition) is 2. The van der Waals surface area contributed by atoms with E-state index in [1.807, 2.05) is 0 Å². The third-order valence-electron chi connectivity index (χ3n) is 6.07. The Labute approximate surface area is 205 Å². The molecule has 1 fully saturated rings. The van der Waals surface area contributed by atoms with E-state index in [4.69, 9.17) is 4.74 Å². The molecule has 2 aromatic rings. The highest BCUT2D eigenvalue weighted by atomic mass is 32.2. The number of imide groups is 1. The Bertz CT molecular complexity index is 1190. The average Bonchev–Trinajstić information content (AvgIpc) is 3.10. The summed E-state index contributed by atoms with van der Waals surface area (Å²) in [4.78, 5) is 39.5. The summed E-state index contributed by atoms with van der Waals surface area (Å²) >= 11 is 0. The summed E-state index contributed by atoms with van der Waals surface area (Å²) in [5.41, 5.74) is -0.339. The van der Waals surface area contributed by atoms with Crippen molar-refractivity contribution in [3.8, 4) is 5.75 Å². The van der Waals surface area contributed by atoms with Gasteiger partial charge < -0.3 is 15.4 Å². The van der Waals surface area contributed by atoms with Gasteiger partial charge in [-0.15, -0.1) is 0 Å². The number of benzene rings is 2. The number of urea groups is 1. The summed E-state index contributed by atoms with van der Waals surface area (Å²) in [5.74, 6) is -0.496. The molecule has 0 aliphatic carbocycles. The van der Waals surface area contributed by atoms with Crippen molar-refractivity contribution in [2.75, 3.05) is 32.1 Å². The SMILES string of the molecule is CCN(CC)S(=O)(=O)c1ccc(NC(=O)CN2C(=O)N[C@](CC)(c3ccc(OC)cc3)C2=O)cc1. The third kappa shape index (κ3) is 5.01. The van der Waals surface area contributed by atoms with Gasteiger partial charge in [0, 0.05) is 18.8 Å². The van der Waals surface area contributed by atoms with Crippen molar-refractivity contribution >= 4 is 33.6 Å². The zero-order valence-corrected chi connectivity index (χ0v) is 21.0. The van der Waals surface area contributed by atoms with Gasteiger partial charge in [0.25, 0.3) is 5.91 Å². The first kappa shape index (κ1) is 26.2. The largest absolute Gasteiger partial charge is 0.497 e. The normalized spacial score (nSPS) is 18.0. The minimum atomic E-state index is -3.62. The second-order valence-electron chi connectivity index (χ2n) is 7.97. The molecule has 1 heterocycles. The van der Waals surface area contributed by atoms with Crippen molar-refractivity contribution in [3.05, 3.63) is 54.1 Å². The van der Waals surface area contributed by atoms with E-state index >= 15 is 0 Å². The molecule has 0 radical (unpaired) electrons. The molecular formula is C24H30N4O6S. The maximum atomic E-state index is 13.2. The first-order valence-electron chi connectivity index (χ1n) is 11.3. The van der Waals surface area contributed by atoms with E-state index in [9.17, 15) is 22.8 Å². The van der Waals surface area contributed by atoms with Crippen LogP contribution in [0.15, 0.2) is 53.4 Å². The molecule has 0 aromatic heterocycles. The number of anilines is 1. The van der Waals surface area contributed by atoms with E-state index in [0.29, 0.717) is 36.5 Å². The van der Waals surface area contributed by atoms with Crippen LogP contribution in [-0.2, 0) is 25.2 Å². The zero-order chi connectivity index (χ0) is 25.8. The van der Waals surface area contributed by atoms with Crippen molar-refractivity contribution in [1.82, 2.24) is 14.5 Å². The Balaban J connectivity index is 1.72. The molecule has 0 spiro atoms. The molecule has 4 amide bonds. The maximum absolute atomic E-state index is 13.2. The van der Waals surface area contributed by atoms with Gasteiger partial charge in [-0.2, -0.15) is 4.31 Å². The predicted molar refractivity (Wildman–Crippen MR) is 130 cm³/mol.